The molecule has 0 aromatic carbocycles. The Kier molecular flexibility index (Phi) is 3.40. The molecule has 0 radical (unpaired) electrons. The highest BCUT2D eigenvalue weighted by Gasteiger charge is 2.42. The maximum atomic E-state index is 13.0. The van der Waals surface area contributed by atoms with E-state index in [-0.39, 0.29) is 11.5 Å². The number of aromatic nitrogens is 1. The second-order valence-electron chi connectivity index (χ2n) is 7.93. The molecule has 4 aliphatic rings. The highest BCUT2D eigenvalue weighted by Crippen LogP contribution is 2.46. The Bertz CT molecular complexity index is 982. The molecule has 0 saturated carbocycles. The van der Waals surface area contributed by atoms with Crippen molar-refractivity contribution in [3.05, 3.63) is 50.7 Å². The summed E-state index contributed by atoms with van der Waals surface area (Å²) in [6.45, 7) is 4.08. The molecule has 0 atom stereocenters. The van der Waals surface area contributed by atoms with E-state index < -0.39 is 0 Å². The van der Waals surface area contributed by atoms with Crippen LogP contribution >= 0.6 is 0 Å². The fourth-order valence-corrected chi connectivity index (χ4v) is 5.08. The third-order valence-corrected chi connectivity index (χ3v) is 6.42. The first kappa shape index (κ1) is 15.9. The summed E-state index contributed by atoms with van der Waals surface area (Å²) in [5, 5.41) is 10.8. The van der Waals surface area contributed by atoms with Crippen molar-refractivity contribution in [3.63, 3.8) is 0 Å². The normalized spacial score (nSPS) is 25.3. The Morgan fingerprint density at radius 3 is 2.27 bits per heavy atom. The number of aliphatic imine (C=N–C) groups is 1. The number of rotatable bonds is 1. The number of aliphatic hydroxyl groups is 1. The van der Waals surface area contributed by atoms with Crippen LogP contribution in [0.3, 0.4) is 0 Å². The SMILES string of the molecule is CC1=N/C(=C2\C(=O)C(c3[nH]c(C)c4c3CCCC4)=C2O)C2=C1CCCC2. The van der Waals surface area contributed by atoms with Crippen LogP contribution in [-0.4, -0.2) is 21.6 Å². The number of nitrogens with one attached hydrogen (secondary N) is 1. The van der Waals surface area contributed by atoms with E-state index in [1.807, 2.05) is 6.92 Å². The van der Waals surface area contributed by atoms with E-state index in [9.17, 15) is 9.90 Å². The molecule has 0 amide bonds. The lowest BCUT2D eigenvalue weighted by molar-refractivity contribution is -0.111. The number of hydrogen-bond acceptors (Lipinski definition) is 3. The van der Waals surface area contributed by atoms with Gasteiger partial charge in [-0.05, 0) is 87.5 Å². The van der Waals surface area contributed by atoms with E-state index in [4.69, 9.17) is 0 Å². The van der Waals surface area contributed by atoms with Crippen molar-refractivity contribution in [2.45, 2.75) is 65.2 Å². The fourth-order valence-electron chi connectivity index (χ4n) is 5.08. The molecule has 1 aromatic heterocycles. The summed E-state index contributed by atoms with van der Waals surface area (Å²) >= 11 is 0. The van der Waals surface area contributed by atoms with Crippen molar-refractivity contribution < 1.29 is 9.90 Å². The van der Waals surface area contributed by atoms with E-state index in [0.717, 1.165) is 61.3 Å². The number of carbonyl (C=O) groups excluding carboxylic acids is 1. The second-order valence-corrected chi connectivity index (χ2v) is 7.93. The first-order valence-electron chi connectivity index (χ1n) is 9.79. The zero-order valence-corrected chi connectivity index (χ0v) is 15.5. The van der Waals surface area contributed by atoms with Crippen LogP contribution in [0.2, 0.25) is 0 Å². The summed E-state index contributed by atoms with van der Waals surface area (Å²) in [7, 11) is 0. The van der Waals surface area contributed by atoms with E-state index >= 15 is 0 Å². The molecule has 1 aliphatic heterocycles. The number of aromatic amines is 1. The molecule has 4 heteroatoms. The maximum absolute atomic E-state index is 13.0. The minimum atomic E-state index is -0.0528. The minimum Gasteiger partial charge on any atom is -0.506 e. The second kappa shape index (κ2) is 5.57. The van der Waals surface area contributed by atoms with Gasteiger partial charge < -0.3 is 10.1 Å². The molecule has 26 heavy (non-hydrogen) atoms. The summed E-state index contributed by atoms with van der Waals surface area (Å²) in [6.07, 6.45) is 8.71. The number of Topliss-reactive ketones (excluding diaryl/α,β-unsaturated/α-hetero) is 1. The van der Waals surface area contributed by atoms with Crippen LogP contribution in [0, 0.1) is 6.92 Å². The quantitative estimate of drug-likeness (QED) is 0.725. The lowest BCUT2D eigenvalue weighted by atomic mass is 9.79. The topological polar surface area (TPSA) is 65.5 Å². The van der Waals surface area contributed by atoms with Crippen molar-refractivity contribution in [1.82, 2.24) is 4.98 Å². The summed E-state index contributed by atoms with van der Waals surface area (Å²) in [6, 6.07) is 0. The molecule has 0 unspecified atom stereocenters. The zero-order valence-electron chi connectivity index (χ0n) is 15.5. The van der Waals surface area contributed by atoms with Crippen LogP contribution in [0.4, 0.5) is 0 Å². The van der Waals surface area contributed by atoms with Crippen LogP contribution in [0.5, 0.6) is 0 Å². The monoisotopic (exact) mass is 348 g/mol. The molecule has 1 aromatic rings. The van der Waals surface area contributed by atoms with Gasteiger partial charge in [-0.3, -0.25) is 9.79 Å². The van der Waals surface area contributed by atoms with Gasteiger partial charge in [0.25, 0.3) is 0 Å². The van der Waals surface area contributed by atoms with E-state index in [1.165, 1.54) is 35.1 Å². The Morgan fingerprint density at radius 1 is 0.885 bits per heavy atom. The number of H-pyrrole nitrogens is 1. The van der Waals surface area contributed by atoms with Gasteiger partial charge in [0.05, 0.1) is 22.5 Å². The Balaban J connectivity index is 1.64. The van der Waals surface area contributed by atoms with Crippen LogP contribution in [0.25, 0.3) is 5.57 Å². The van der Waals surface area contributed by atoms with Crippen molar-refractivity contribution in [2.24, 2.45) is 4.99 Å². The molecule has 4 nitrogen and oxygen atoms in total. The summed E-state index contributed by atoms with van der Waals surface area (Å²) in [4.78, 5) is 21.1. The van der Waals surface area contributed by atoms with Crippen molar-refractivity contribution in [2.75, 3.05) is 0 Å². The minimum absolute atomic E-state index is 0.0528. The predicted octanol–water partition coefficient (Wildman–Crippen LogP) is 4.65. The smallest absolute Gasteiger partial charge is 0.204 e. The molecule has 0 saturated heterocycles. The number of aryl methyl sites for hydroxylation is 1. The highest BCUT2D eigenvalue weighted by atomic mass is 16.3. The summed E-state index contributed by atoms with van der Waals surface area (Å²) in [5.41, 5.74) is 9.69. The maximum Gasteiger partial charge on any atom is 0.204 e. The van der Waals surface area contributed by atoms with Crippen LogP contribution in [-0.2, 0) is 17.6 Å². The molecule has 5 rings (SSSR count). The van der Waals surface area contributed by atoms with Crippen LogP contribution < -0.4 is 0 Å². The van der Waals surface area contributed by atoms with Gasteiger partial charge in [0.15, 0.2) is 0 Å². The van der Waals surface area contributed by atoms with Crippen LogP contribution in [0.1, 0.15) is 68.0 Å². The lowest BCUT2D eigenvalue weighted by Crippen LogP contribution is -2.24. The van der Waals surface area contributed by atoms with Gasteiger partial charge in [0, 0.05) is 11.4 Å². The van der Waals surface area contributed by atoms with Gasteiger partial charge in [-0.2, -0.15) is 0 Å². The fraction of sp³-hybridized carbons (Fsp3) is 0.455. The highest BCUT2D eigenvalue weighted by molar-refractivity contribution is 6.39. The molecule has 0 spiro atoms. The lowest BCUT2D eigenvalue weighted by Gasteiger charge is -2.25. The average Bonchev–Trinajstić information content (AvgIpc) is 3.14. The number of nitrogens with zero attached hydrogens (tertiary/aromatic N) is 1. The van der Waals surface area contributed by atoms with E-state index in [0.29, 0.717) is 11.1 Å². The Hall–Kier alpha value is -2.36. The summed E-state index contributed by atoms with van der Waals surface area (Å²) < 4.78 is 0. The molecular weight excluding hydrogens is 324 g/mol. The molecule has 134 valence electrons. The predicted molar refractivity (Wildman–Crippen MR) is 102 cm³/mol. The van der Waals surface area contributed by atoms with Gasteiger partial charge in [-0.1, -0.05) is 0 Å². The molecular formula is C22H24N2O2. The standard InChI is InChI=1S/C22H24N2O2/c1-11-13-7-3-5-9-15(13)19(23-11)17-21(25)18(22(17)26)20-16-10-6-4-8-14(16)12(2)24-20/h23,25H,3-10H2,1-2H3/b20-18-. The molecule has 2 heterocycles. The molecule has 2 N–H and O–H groups in total. The third-order valence-electron chi connectivity index (χ3n) is 6.42. The Labute approximate surface area is 153 Å². The van der Waals surface area contributed by atoms with Crippen molar-refractivity contribution in [1.29, 1.82) is 0 Å². The van der Waals surface area contributed by atoms with Gasteiger partial charge >= 0.3 is 0 Å². The number of allylic oxidation sites excluding steroid dienone is 4. The average molecular weight is 348 g/mol. The van der Waals surface area contributed by atoms with Gasteiger partial charge in [-0.15, -0.1) is 0 Å². The number of fused-ring (bicyclic) bond motifs is 1. The van der Waals surface area contributed by atoms with Gasteiger partial charge in [0.2, 0.25) is 5.78 Å². The molecule has 0 fully saturated rings. The molecule has 3 aliphatic carbocycles. The van der Waals surface area contributed by atoms with Crippen molar-refractivity contribution in [3.8, 4) is 0 Å². The first-order valence-corrected chi connectivity index (χ1v) is 9.79. The number of aliphatic hydroxyl groups excluding tert-OH is 1. The van der Waals surface area contributed by atoms with E-state index in [1.54, 1.807) is 0 Å². The zero-order chi connectivity index (χ0) is 18.0. The van der Waals surface area contributed by atoms with Crippen molar-refractivity contribution >= 4 is 17.1 Å². The molecule has 0 bridgehead atoms. The Morgan fingerprint density at radius 2 is 1.54 bits per heavy atom. The number of hydrogen-bond donors (Lipinski definition) is 2. The third kappa shape index (κ3) is 2.01. The largest absolute Gasteiger partial charge is 0.506 e. The number of carbonyl (C=O) groups is 1. The van der Waals surface area contributed by atoms with E-state index in [2.05, 4.69) is 16.9 Å². The van der Waals surface area contributed by atoms with Crippen LogP contribution in [0.15, 0.2) is 33.2 Å². The van der Waals surface area contributed by atoms with Gasteiger partial charge in [-0.25, -0.2) is 0 Å². The summed E-state index contributed by atoms with van der Waals surface area (Å²) in [5.74, 6) is 0.0819. The number of ketones is 1. The van der Waals surface area contributed by atoms with Gasteiger partial charge in [0.1, 0.15) is 5.76 Å². The first-order chi connectivity index (χ1) is 12.6.